The minimum atomic E-state index is -0.770. The Morgan fingerprint density at radius 3 is 2.53 bits per heavy atom. The van der Waals surface area contributed by atoms with Crippen LogP contribution in [0.25, 0.3) is 0 Å². The van der Waals surface area contributed by atoms with E-state index in [4.69, 9.17) is 5.11 Å². The molecule has 0 aliphatic heterocycles. The van der Waals surface area contributed by atoms with Gasteiger partial charge in [-0.05, 0) is 51.1 Å². The quantitative estimate of drug-likeness (QED) is 0.819. The van der Waals surface area contributed by atoms with Crippen LogP contribution in [0, 0.1) is 13.8 Å². The first-order valence-electron chi connectivity index (χ1n) is 6.05. The van der Waals surface area contributed by atoms with Gasteiger partial charge in [0.2, 0.25) is 0 Å². The zero-order valence-electron chi connectivity index (χ0n) is 11.8. The normalized spacial score (nSPS) is 12.1. The van der Waals surface area contributed by atoms with Crippen LogP contribution < -0.4 is 0 Å². The van der Waals surface area contributed by atoms with Crippen LogP contribution >= 0.6 is 24.2 Å². The van der Waals surface area contributed by atoms with Crippen molar-refractivity contribution in [3.8, 4) is 0 Å². The lowest BCUT2D eigenvalue weighted by molar-refractivity contribution is -0.141. The van der Waals surface area contributed by atoms with Crippen LogP contribution in [0.2, 0.25) is 0 Å². The number of benzene rings is 1. The van der Waals surface area contributed by atoms with Crippen molar-refractivity contribution in [1.29, 1.82) is 0 Å². The lowest BCUT2D eigenvalue weighted by atomic mass is 10.1. The number of aryl methyl sites for hydroxylation is 2. The summed E-state index contributed by atoms with van der Waals surface area (Å²) >= 11 is 1.77. The average Bonchev–Trinajstić information content (AvgIpc) is 2.32. The van der Waals surface area contributed by atoms with Crippen LogP contribution in [0.1, 0.15) is 18.1 Å². The standard InChI is InChI=1S/C14H21NO2S.ClH/c1-10-5-6-13(9-11(10)2)18-8-7-15(4)12(3)14(16)17;/h5-6,9,12H,7-8H2,1-4H3,(H,16,17);1H. The molecule has 0 aromatic heterocycles. The Morgan fingerprint density at radius 1 is 1.37 bits per heavy atom. The molecule has 19 heavy (non-hydrogen) atoms. The number of hydrogen-bond donors (Lipinski definition) is 1. The highest BCUT2D eigenvalue weighted by atomic mass is 35.5. The molecule has 5 heteroatoms. The van der Waals surface area contributed by atoms with E-state index in [1.54, 1.807) is 18.7 Å². The lowest BCUT2D eigenvalue weighted by Crippen LogP contribution is -2.37. The number of carboxylic acids is 1. The van der Waals surface area contributed by atoms with E-state index in [9.17, 15) is 4.79 Å². The van der Waals surface area contributed by atoms with Gasteiger partial charge in [0.1, 0.15) is 6.04 Å². The van der Waals surface area contributed by atoms with Crippen molar-refractivity contribution >= 4 is 30.1 Å². The Hall–Kier alpha value is -0.710. The van der Waals surface area contributed by atoms with Crippen LogP contribution in [0.3, 0.4) is 0 Å². The van der Waals surface area contributed by atoms with E-state index in [1.165, 1.54) is 16.0 Å². The van der Waals surface area contributed by atoms with Crippen molar-refractivity contribution in [3.63, 3.8) is 0 Å². The third kappa shape index (κ3) is 5.85. The Labute approximate surface area is 125 Å². The third-order valence-electron chi connectivity index (χ3n) is 3.21. The SMILES string of the molecule is Cc1ccc(SCCN(C)C(C)C(=O)O)cc1C.Cl. The van der Waals surface area contributed by atoms with E-state index in [-0.39, 0.29) is 12.4 Å². The van der Waals surface area contributed by atoms with Crippen LogP contribution in [-0.2, 0) is 4.79 Å². The zero-order valence-corrected chi connectivity index (χ0v) is 13.5. The van der Waals surface area contributed by atoms with Gasteiger partial charge in [0.05, 0.1) is 0 Å². The number of halogens is 1. The van der Waals surface area contributed by atoms with Crippen molar-refractivity contribution in [2.45, 2.75) is 31.7 Å². The van der Waals surface area contributed by atoms with Gasteiger partial charge in [-0.3, -0.25) is 9.69 Å². The summed E-state index contributed by atoms with van der Waals surface area (Å²) in [6.07, 6.45) is 0. The molecule has 0 fully saturated rings. The number of rotatable bonds is 6. The fourth-order valence-corrected chi connectivity index (χ4v) is 2.53. The third-order valence-corrected chi connectivity index (χ3v) is 4.18. The molecule has 3 nitrogen and oxygen atoms in total. The monoisotopic (exact) mass is 303 g/mol. The van der Waals surface area contributed by atoms with Crippen LogP contribution in [0.4, 0.5) is 0 Å². The molecule has 0 aliphatic rings. The second-order valence-corrected chi connectivity index (χ2v) is 5.76. The summed E-state index contributed by atoms with van der Waals surface area (Å²) in [4.78, 5) is 13.9. The van der Waals surface area contributed by atoms with Crippen molar-refractivity contribution in [2.24, 2.45) is 0 Å². The molecule has 0 radical (unpaired) electrons. The Morgan fingerprint density at radius 2 is 2.00 bits per heavy atom. The maximum absolute atomic E-state index is 10.8. The molecule has 1 aromatic rings. The molecular formula is C14H22ClNO2S. The molecule has 0 saturated carbocycles. The summed E-state index contributed by atoms with van der Waals surface area (Å²) in [7, 11) is 1.85. The van der Waals surface area contributed by atoms with Crippen LogP contribution in [0.15, 0.2) is 23.1 Å². The molecule has 0 saturated heterocycles. The highest BCUT2D eigenvalue weighted by Gasteiger charge is 2.15. The number of thioether (sulfide) groups is 1. The lowest BCUT2D eigenvalue weighted by Gasteiger charge is -2.20. The molecule has 1 N–H and O–H groups in total. The molecule has 108 valence electrons. The van der Waals surface area contributed by atoms with E-state index in [0.717, 1.165) is 12.3 Å². The first-order chi connectivity index (χ1) is 8.41. The summed E-state index contributed by atoms with van der Waals surface area (Å²) < 4.78 is 0. The predicted molar refractivity (Wildman–Crippen MR) is 83.6 cm³/mol. The molecule has 0 bridgehead atoms. The van der Waals surface area contributed by atoms with Crippen molar-refractivity contribution < 1.29 is 9.90 Å². The summed E-state index contributed by atoms with van der Waals surface area (Å²) in [6, 6.07) is 6.00. The van der Waals surface area contributed by atoms with E-state index in [1.807, 2.05) is 11.9 Å². The van der Waals surface area contributed by atoms with E-state index >= 15 is 0 Å². The summed E-state index contributed by atoms with van der Waals surface area (Å²) in [5.74, 6) is 0.130. The van der Waals surface area contributed by atoms with Gasteiger partial charge < -0.3 is 5.11 Å². The summed E-state index contributed by atoms with van der Waals surface area (Å²) in [5.41, 5.74) is 2.60. The van der Waals surface area contributed by atoms with E-state index in [2.05, 4.69) is 32.0 Å². The average molecular weight is 304 g/mol. The largest absolute Gasteiger partial charge is 0.480 e. The molecule has 1 aromatic carbocycles. The molecule has 0 heterocycles. The summed E-state index contributed by atoms with van der Waals surface area (Å²) in [5, 5.41) is 8.89. The predicted octanol–water partition coefficient (Wildman–Crippen LogP) is 3.22. The van der Waals surface area contributed by atoms with Gasteiger partial charge in [-0.15, -0.1) is 24.2 Å². The molecule has 0 spiro atoms. The highest BCUT2D eigenvalue weighted by Crippen LogP contribution is 2.21. The highest BCUT2D eigenvalue weighted by molar-refractivity contribution is 7.99. The number of carbonyl (C=O) groups is 1. The minimum absolute atomic E-state index is 0. The van der Waals surface area contributed by atoms with Gasteiger partial charge in [0, 0.05) is 17.2 Å². The number of carboxylic acid groups (broad SMARTS) is 1. The second kappa shape index (κ2) is 8.46. The Kier molecular flexibility index (Phi) is 8.14. The minimum Gasteiger partial charge on any atom is -0.480 e. The van der Waals surface area contributed by atoms with Gasteiger partial charge in [-0.1, -0.05) is 6.07 Å². The van der Waals surface area contributed by atoms with Crippen LogP contribution in [-0.4, -0.2) is 41.4 Å². The fraction of sp³-hybridized carbons (Fsp3) is 0.500. The van der Waals surface area contributed by atoms with Gasteiger partial charge in [-0.2, -0.15) is 0 Å². The number of nitrogens with zero attached hydrogens (tertiary/aromatic N) is 1. The molecular weight excluding hydrogens is 282 g/mol. The van der Waals surface area contributed by atoms with Gasteiger partial charge in [0.15, 0.2) is 0 Å². The first kappa shape index (κ1) is 18.3. The molecule has 0 aliphatic carbocycles. The number of likely N-dealkylation sites (N-methyl/N-ethyl adjacent to an activating group) is 1. The fourth-order valence-electron chi connectivity index (χ4n) is 1.49. The molecule has 1 unspecified atom stereocenters. The topological polar surface area (TPSA) is 40.5 Å². The first-order valence-corrected chi connectivity index (χ1v) is 7.03. The number of hydrogen-bond acceptors (Lipinski definition) is 3. The smallest absolute Gasteiger partial charge is 0.320 e. The van der Waals surface area contributed by atoms with Crippen molar-refractivity contribution in [1.82, 2.24) is 4.90 Å². The second-order valence-electron chi connectivity index (χ2n) is 4.59. The Balaban J connectivity index is 0.00000324. The van der Waals surface area contributed by atoms with Gasteiger partial charge in [-0.25, -0.2) is 0 Å². The van der Waals surface area contributed by atoms with E-state index in [0.29, 0.717) is 0 Å². The molecule has 1 rings (SSSR count). The van der Waals surface area contributed by atoms with Crippen molar-refractivity contribution in [2.75, 3.05) is 19.3 Å². The Bertz CT molecular complexity index is 426. The summed E-state index contributed by atoms with van der Waals surface area (Å²) in [6.45, 7) is 6.69. The maximum atomic E-state index is 10.8. The molecule has 1 atom stereocenters. The molecule has 0 amide bonds. The van der Waals surface area contributed by atoms with Gasteiger partial charge >= 0.3 is 5.97 Å². The van der Waals surface area contributed by atoms with E-state index < -0.39 is 12.0 Å². The zero-order chi connectivity index (χ0) is 13.7. The maximum Gasteiger partial charge on any atom is 0.320 e. The van der Waals surface area contributed by atoms with Crippen LogP contribution in [0.5, 0.6) is 0 Å². The van der Waals surface area contributed by atoms with Crippen molar-refractivity contribution in [3.05, 3.63) is 29.3 Å². The number of aliphatic carboxylic acids is 1. The van der Waals surface area contributed by atoms with Gasteiger partial charge in [0.25, 0.3) is 0 Å².